The molecule has 1 aromatic carbocycles. The van der Waals surface area contributed by atoms with Crippen molar-refractivity contribution in [2.24, 2.45) is 5.73 Å². The van der Waals surface area contributed by atoms with E-state index < -0.39 is 0 Å². The lowest BCUT2D eigenvalue weighted by atomic mass is 10.3. The molecule has 1 heterocycles. The van der Waals surface area contributed by atoms with Crippen LogP contribution in [0, 0.1) is 0 Å². The average molecular weight is 292 g/mol. The van der Waals surface area contributed by atoms with Crippen molar-refractivity contribution in [3.8, 4) is 11.5 Å². The second kappa shape index (κ2) is 7.88. The predicted octanol–water partition coefficient (Wildman–Crippen LogP) is 1.80. The smallest absolute Gasteiger partial charge is 0.222 e. The fourth-order valence-corrected chi connectivity index (χ4v) is 2.42. The first-order valence-corrected chi connectivity index (χ1v) is 7.58. The third-order valence-electron chi connectivity index (χ3n) is 3.52. The molecular formula is C16H24N2O3. The van der Waals surface area contributed by atoms with E-state index in [-0.39, 0.29) is 11.9 Å². The summed E-state index contributed by atoms with van der Waals surface area (Å²) in [4.78, 5) is 13.8. The number of hydrogen-bond donors (Lipinski definition) is 1. The Kier molecular flexibility index (Phi) is 5.87. The van der Waals surface area contributed by atoms with Gasteiger partial charge in [0.1, 0.15) is 0 Å². The Labute approximate surface area is 126 Å². The molecule has 0 unspecified atom stereocenters. The number of amides is 1. The van der Waals surface area contributed by atoms with Crippen LogP contribution in [-0.2, 0) is 4.79 Å². The molecule has 2 rings (SSSR count). The topological polar surface area (TPSA) is 64.8 Å². The number of hydrogen-bond acceptors (Lipinski definition) is 4. The summed E-state index contributed by atoms with van der Waals surface area (Å²) >= 11 is 0. The zero-order valence-electron chi connectivity index (χ0n) is 12.6. The molecule has 2 N–H and O–H groups in total. The highest BCUT2D eigenvalue weighted by Crippen LogP contribution is 2.26. The van der Waals surface area contributed by atoms with E-state index in [1.807, 2.05) is 36.1 Å². The number of nitrogens with zero attached hydrogens (tertiary/aromatic N) is 1. The third-order valence-corrected chi connectivity index (χ3v) is 3.52. The van der Waals surface area contributed by atoms with Crippen molar-refractivity contribution in [3.63, 3.8) is 0 Å². The minimum absolute atomic E-state index is 0.142. The number of benzene rings is 1. The van der Waals surface area contributed by atoms with Gasteiger partial charge in [0.05, 0.1) is 13.2 Å². The summed E-state index contributed by atoms with van der Waals surface area (Å²) in [6.45, 7) is 4.53. The molecule has 0 radical (unpaired) electrons. The van der Waals surface area contributed by atoms with Crippen LogP contribution < -0.4 is 15.2 Å². The number of ether oxygens (including phenoxy) is 2. The summed E-state index contributed by atoms with van der Waals surface area (Å²) in [5.41, 5.74) is 5.81. The summed E-state index contributed by atoms with van der Waals surface area (Å²) in [5, 5.41) is 0. The lowest BCUT2D eigenvalue weighted by Crippen LogP contribution is -2.31. The minimum atomic E-state index is 0.142. The Bertz CT molecular complexity index is 465. The van der Waals surface area contributed by atoms with Crippen LogP contribution in [-0.4, -0.2) is 43.2 Å². The van der Waals surface area contributed by atoms with Gasteiger partial charge in [-0.05, 0) is 31.9 Å². The third kappa shape index (κ3) is 4.63. The Morgan fingerprint density at radius 3 is 2.67 bits per heavy atom. The van der Waals surface area contributed by atoms with E-state index in [1.54, 1.807) is 0 Å². The maximum atomic E-state index is 12.0. The molecule has 116 valence electrons. The number of nitrogens with two attached hydrogens (primary N) is 1. The van der Waals surface area contributed by atoms with Crippen molar-refractivity contribution < 1.29 is 14.3 Å². The van der Waals surface area contributed by atoms with Crippen molar-refractivity contribution in [1.29, 1.82) is 0 Å². The van der Waals surface area contributed by atoms with Crippen LogP contribution in [0.5, 0.6) is 11.5 Å². The van der Waals surface area contributed by atoms with Crippen LogP contribution >= 0.6 is 0 Å². The molecule has 1 atom stereocenters. The van der Waals surface area contributed by atoms with E-state index in [0.717, 1.165) is 24.5 Å². The summed E-state index contributed by atoms with van der Waals surface area (Å²) < 4.78 is 11.2. The molecule has 5 nitrogen and oxygen atoms in total. The number of likely N-dealkylation sites (tertiary alicyclic amines) is 1. The Balaban J connectivity index is 1.71. The summed E-state index contributed by atoms with van der Waals surface area (Å²) in [6, 6.07) is 7.73. The highest BCUT2D eigenvalue weighted by molar-refractivity contribution is 5.76. The van der Waals surface area contributed by atoms with Gasteiger partial charge in [0, 0.05) is 25.6 Å². The molecule has 0 saturated carbocycles. The second-order valence-electron chi connectivity index (χ2n) is 5.22. The van der Waals surface area contributed by atoms with E-state index in [2.05, 4.69) is 0 Å². The molecule has 21 heavy (non-hydrogen) atoms. The SMILES string of the molecule is CCOc1ccccc1OCCCC(=O)N1CC[C@@H](N)C1. The van der Waals surface area contributed by atoms with Gasteiger partial charge in [0.15, 0.2) is 11.5 Å². The monoisotopic (exact) mass is 292 g/mol. The van der Waals surface area contributed by atoms with Gasteiger partial charge in [-0.1, -0.05) is 12.1 Å². The van der Waals surface area contributed by atoms with Crippen molar-refractivity contribution >= 4 is 5.91 Å². The molecule has 0 aliphatic carbocycles. The Hall–Kier alpha value is -1.75. The first kappa shape index (κ1) is 15.6. The van der Waals surface area contributed by atoms with Crippen molar-refractivity contribution in [3.05, 3.63) is 24.3 Å². The normalized spacial score (nSPS) is 17.8. The summed E-state index contributed by atoms with van der Waals surface area (Å²) in [6.07, 6.45) is 2.11. The minimum Gasteiger partial charge on any atom is -0.490 e. The quantitative estimate of drug-likeness (QED) is 0.778. The van der Waals surface area contributed by atoms with E-state index in [1.165, 1.54) is 0 Å². The molecular weight excluding hydrogens is 268 g/mol. The van der Waals surface area contributed by atoms with E-state index in [4.69, 9.17) is 15.2 Å². The molecule has 1 aromatic rings. The van der Waals surface area contributed by atoms with Gasteiger partial charge < -0.3 is 20.1 Å². The number of para-hydroxylation sites is 2. The van der Waals surface area contributed by atoms with Crippen LogP contribution in [0.25, 0.3) is 0 Å². The van der Waals surface area contributed by atoms with Crippen LogP contribution in [0.1, 0.15) is 26.2 Å². The van der Waals surface area contributed by atoms with Gasteiger partial charge in [-0.2, -0.15) is 0 Å². The Morgan fingerprint density at radius 1 is 1.33 bits per heavy atom. The molecule has 1 amide bonds. The highest BCUT2D eigenvalue weighted by Gasteiger charge is 2.22. The molecule has 1 saturated heterocycles. The van der Waals surface area contributed by atoms with Gasteiger partial charge in [-0.3, -0.25) is 4.79 Å². The van der Waals surface area contributed by atoms with Crippen LogP contribution in [0.3, 0.4) is 0 Å². The van der Waals surface area contributed by atoms with Crippen molar-refractivity contribution in [1.82, 2.24) is 4.90 Å². The van der Waals surface area contributed by atoms with E-state index in [9.17, 15) is 4.79 Å². The number of carbonyl (C=O) groups is 1. The number of carbonyl (C=O) groups excluding carboxylic acids is 1. The van der Waals surface area contributed by atoms with Crippen LogP contribution in [0.2, 0.25) is 0 Å². The van der Waals surface area contributed by atoms with Gasteiger partial charge in [0.2, 0.25) is 5.91 Å². The van der Waals surface area contributed by atoms with Crippen LogP contribution in [0.15, 0.2) is 24.3 Å². The first-order valence-electron chi connectivity index (χ1n) is 7.58. The molecule has 1 fully saturated rings. The van der Waals surface area contributed by atoms with Crippen LogP contribution in [0.4, 0.5) is 0 Å². The van der Waals surface area contributed by atoms with E-state index in [0.29, 0.717) is 32.6 Å². The van der Waals surface area contributed by atoms with Gasteiger partial charge in [0.25, 0.3) is 0 Å². The second-order valence-corrected chi connectivity index (χ2v) is 5.22. The fraction of sp³-hybridized carbons (Fsp3) is 0.562. The molecule has 1 aliphatic rings. The maximum absolute atomic E-state index is 12.0. The maximum Gasteiger partial charge on any atom is 0.222 e. The lowest BCUT2D eigenvalue weighted by molar-refractivity contribution is -0.130. The highest BCUT2D eigenvalue weighted by atomic mass is 16.5. The van der Waals surface area contributed by atoms with E-state index >= 15 is 0 Å². The molecule has 5 heteroatoms. The Morgan fingerprint density at radius 2 is 2.05 bits per heavy atom. The fourth-order valence-electron chi connectivity index (χ4n) is 2.42. The molecule has 0 bridgehead atoms. The largest absolute Gasteiger partial charge is 0.490 e. The summed E-state index contributed by atoms with van der Waals surface area (Å²) in [7, 11) is 0. The molecule has 1 aliphatic heterocycles. The zero-order valence-corrected chi connectivity index (χ0v) is 12.6. The first-order chi connectivity index (χ1) is 10.2. The van der Waals surface area contributed by atoms with Gasteiger partial charge >= 0.3 is 0 Å². The predicted molar refractivity (Wildman–Crippen MR) is 81.5 cm³/mol. The molecule has 0 aromatic heterocycles. The number of rotatable bonds is 7. The van der Waals surface area contributed by atoms with Gasteiger partial charge in [-0.25, -0.2) is 0 Å². The lowest BCUT2D eigenvalue weighted by Gasteiger charge is -2.16. The van der Waals surface area contributed by atoms with Gasteiger partial charge in [-0.15, -0.1) is 0 Å². The standard InChI is InChI=1S/C16H24N2O3/c1-2-20-14-6-3-4-7-15(14)21-11-5-8-16(19)18-10-9-13(17)12-18/h3-4,6-7,13H,2,5,8-12,17H2,1H3/t13-/m1/s1. The molecule has 0 spiro atoms. The van der Waals surface area contributed by atoms with Crippen molar-refractivity contribution in [2.75, 3.05) is 26.3 Å². The van der Waals surface area contributed by atoms with Crippen molar-refractivity contribution in [2.45, 2.75) is 32.2 Å². The average Bonchev–Trinajstić information content (AvgIpc) is 2.92. The summed E-state index contributed by atoms with van der Waals surface area (Å²) in [5.74, 6) is 1.65. The zero-order chi connectivity index (χ0) is 15.1.